The number of carbonyl (C=O) groups excluding carboxylic acids is 1. The largest absolute Gasteiger partial charge is 0.493 e. The van der Waals surface area contributed by atoms with Crippen molar-refractivity contribution in [2.75, 3.05) is 39.8 Å². The Balaban J connectivity index is 1.58. The molecule has 190 valence electrons. The van der Waals surface area contributed by atoms with Gasteiger partial charge in [0.1, 0.15) is 12.4 Å². The third kappa shape index (κ3) is 6.35. The van der Waals surface area contributed by atoms with Crippen molar-refractivity contribution in [1.82, 2.24) is 0 Å². The Labute approximate surface area is 221 Å². The van der Waals surface area contributed by atoms with Gasteiger partial charge in [0, 0.05) is 34.1 Å². The summed E-state index contributed by atoms with van der Waals surface area (Å²) in [6.45, 7) is 0.852. The fourth-order valence-electron chi connectivity index (χ4n) is 3.91. The van der Waals surface area contributed by atoms with Crippen LogP contribution in [0.4, 0.5) is 5.69 Å². The van der Waals surface area contributed by atoms with E-state index in [4.69, 9.17) is 30.5 Å². The van der Waals surface area contributed by atoms with Gasteiger partial charge in [0.05, 0.1) is 26.9 Å². The summed E-state index contributed by atoms with van der Waals surface area (Å²) in [6, 6.07) is 24.5. The molecule has 0 aliphatic rings. The first-order valence-corrected chi connectivity index (χ1v) is 12.0. The molecule has 0 fully saturated rings. The van der Waals surface area contributed by atoms with Crippen LogP contribution in [-0.2, 0) is 4.74 Å². The number of hydrogen-bond donors (Lipinski definition) is 1. The summed E-state index contributed by atoms with van der Waals surface area (Å²) < 4.78 is 21.8. The number of halogens is 1. The van der Waals surface area contributed by atoms with E-state index in [1.165, 1.54) is 7.11 Å². The third-order valence-electron chi connectivity index (χ3n) is 5.85. The van der Waals surface area contributed by atoms with Gasteiger partial charge in [-0.1, -0.05) is 54.1 Å². The lowest BCUT2D eigenvalue weighted by molar-refractivity contribution is 0.0600. The molecular weight excluding hydrogens is 490 g/mol. The lowest BCUT2D eigenvalue weighted by Gasteiger charge is -2.15. The van der Waals surface area contributed by atoms with Gasteiger partial charge in [-0.15, -0.1) is 0 Å². The lowest BCUT2D eigenvalue weighted by atomic mass is 10.1. The van der Waals surface area contributed by atoms with Crippen LogP contribution in [-0.4, -0.2) is 40.5 Å². The maximum atomic E-state index is 11.8. The summed E-state index contributed by atoms with van der Waals surface area (Å²) in [6.07, 6.45) is 2.03. The van der Waals surface area contributed by atoms with E-state index in [-0.39, 0.29) is 5.97 Å². The van der Waals surface area contributed by atoms with E-state index >= 15 is 0 Å². The molecule has 0 aliphatic carbocycles. The number of benzene rings is 4. The summed E-state index contributed by atoms with van der Waals surface area (Å²) in [4.78, 5) is 11.8. The van der Waals surface area contributed by atoms with Gasteiger partial charge in [0.2, 0.25) is 0 Å². The molecule has 0 aromatic heterocycles. The second-order valence-electron chi connectivity index (χ2n) is 8.22. The van der Waals surface area contributed by atoms with Gasteiger partial charge < -0.3 is 24.3 Å². The lowest BCUT2D eigenvalue weighted by Crippen LogP contribution is -2.12. The van der Waals surface area contributed by atoms with Gasteiger partial charge in [-0.05, 0) is 47.5 Å². The van der Waals surface area contributed by atoms with Crippen molar-refractivity contribution in [2.45, 2.75) is 0 Å². The van der Waals surface area contributed by atoms with E-state index in [0.29, 0.717) is 35.2 Å². The predicted octanol–water partition coefficient (Wildman–Crippen LogP) is 6.87. The maximum absolute atomic E-state index is 11.8. The SMILES string of the molecule is COC(=O)c1ccc(/C=C(\CNc2ccc(OC)c(OC)c2)COc2ccc(Cl)c3ccccc23)cc1. The van der Waals surface area contributed by atoms with Gasteiger partial charge in [-0.2, -0.15) is 0 Å². The number of anilines is 1. The quantitative estimate of drug-likeness (QED) is 0.231. The average Bonchev–Trinajstić information content (AvgIpc) is 2.95. The molecule has 0 bridgehead atoms. The first kappa shape index (κ1) is 25.9. The highest BCUT2D eigenvalue weighted by molar-refractivity contribution is 6.35. The fourth-order valence-corrected chi connectivity index (χ4v) is 4.13. The van der Waals surface area contributed by atoms with Crippen molar-refractivity contribution in [3.8, 4) is 17.2 Å². The van der Waals surface area contributed by atoms with Crippen molar-refractivity contribution < 1.29 is 23.7 Å². The Kier molecular flexibility index (Phi) is 8.54. The number of carbonyl (C=O) groups is 1. The molecule has 7 heteroatoms. The highest BCUT2D eigenvalue weighted by Crippen LogP contribution is 2.32. The van der Waals surface area contributed by atoms with Gasteiger partial charge in [0.25, 0.3) is 0 Å². The van der Waals surface area contributed by atoms with Crippen LogP contribution in [0.25, 0.3) is 16.8 Å². The second kappa shape index (κ2) is 12.2. The minimum atomic E-state index is -0.371. The van der Waals surface area contributed by atoms with Gasteiger partial charge in [0.15, 0.2) is 11.5 Å². The Hall–Kier alpha value is -4.16. The number of esters is 1. The van der Waals surface area contributed by atoms with Crippen molar-refractivity contribution in [1.29, 1.82) is 0 Å². The van der Waals surface area contributed by atoms with Crippen LogP contribution in [0.1, 0.15) is 15.9 Å². The summed E-state index contributed by atoms with van der Waals surface area (Å²) >= 11 is 6.38. The molecular formula is C30H28ClNO5. The fraction of sp³-hybridized carbons (Fsp3) is 0.167. The monoisotopic (exact) mass is 517 g/mol. The first-order valence-electron chi connectivity index (χ1n) is 11.7. The van der Waals surface area contributed by atoms with E-state index in [1.807, 2.05) is 72.8 Å². The minimum Gasteiger partial charge on any atom is -0.493 e. The molecule has 0 amide bonds. The molecule has 0 saturated heterocycles. The van der Waals surface area contributed by atoms with Crippen molar-refractivity contribution >= 4 is 40.1 Å². The molecule has 0 spiro atoms. The Morgan fingerprint density at radius 1 is 0.838 bits per heavy atom. The van der Waals surface area contributed by atoms with E-state index < -0.39 is 0 Å². The minimum absolute atomic E-state index is 0.338. The van der Waals surface area contributed by atoms with Gasteiger partial charge >= 0.3 is 5.97 Å². The van der Waals surface area contributed by atoms with Gasteiger partial charge in [-0.25, -0.2) is 4.79 Å². The molecule has 37 heavy (non-hydrogen) atoms. The molecule has 0 saturated carbocycles. The van der Waals surface area contributed by atoms with Crippen LogP contribution in [0.5, 0.6) is 17.2 Å². The summed E-state index contributed by atoms with van der Waals surface area (Å²) in [5.41, 5.74) is 3.29. The van der Waals surface area contributed by atoms with Crippen LogP contribution in [0.2, 0.25) is 5.02 Å². The average molecular weight is 518 g/mol. The molecule has 4 rings (SSSR count). The number of hydrogen-bond acceptors (Lipinski definition) is 6. The van der Waals surface area contributed by atoms with Crippen LogP contribution < -0.4 is 19.5 Å². The van der Waals surface area contributed by atoms with E-state index in [9.17, 15) is 4.79 Å². The molecule has 0 unspecified atom stereocenters. The molecule has 0 atom stereocenters. The summed E-state index contributed by atoms with van der Waals surface area (Å²) in [5, 5.41) is 6.00. The smallest absolute Gasteiger partial charge is 0.337 e. The molecule has 1 N–H and O–H groups in total. The summed E-state index contributed by atoms with van der Waals surface area (Å²) in [5.74, 6) is 1.68. The number of nitrogens with one attached hydrogen (secondary N) is 1. The third-order valence-corrected chi connectivity index (χ3v) is 6.18. The first-order chi connectivity index (χ1) is 18.0. The van der Waals surface area contributed by atoms with Crippen LogP contribution >= 0.6 is 11.6 Å². The molecule has 4 aromatic rings. The van der Waals surface area contributed by atoms with E-state index in [0.717, 1.165) is 33.3 Å². The number of methoxy groups -OCH3 is 3. The van der Waals surface area contributed by atoms with Crippen molar-refractivity contribution in [3.05, 3.63) is 101 Å². The summed E-state index contributed by atoms with van der Waals surface area (Å²) in [7, 11) is 4.58. The maximum Gasteiger partial charge on any atom is 0.337 e. The predicted molar refractivity (Wildman–Crippen MR) is 148 cm³/mol. The van der Waals surface area contributed by atoms with Crippen LogP contribution in [0, 0.1) is 0 Å². The van der Waals surface area contributed by atoms with Crippen LogP contribution in [0.3, 0.4) is 0 Å². The topological polar surface area (TPSA) is 66.0 Å². The zero-order valence-electron chi connectivity index (χ0n) is 20.9. The Bertz CT molecular complexity index is 1420. The van der Waals surface area contributed by atoms with E-state index in [1.54, 1.807) is 26.4 Å². The molecule has 0 aliphatic heterocycles. The molecule has 4 aromatic carbocycles. The second-order valence-corrected chi connectivity index (χ2v) is 8.63. The van der Waals surface area contributed by atoms with Crippen molar-refractivity contribution in [2.24, 2.45) is 0 Å². The highest BCUT2D eigenvalue weighted by atomic mass is 35.5. The number of fused-ring (bicyclic) bond motifs is 1. The Morgan fingerprint density at radius 2 is 1.54 bits per heavy atom. The van der Waals surface area contributed by atoms with Crippen LogP contribution in [0.15, 0.2) is 84.4 Å². The number of ether oxygens (including phenoxy) is 4. The standard InChI is InChI=1S/C30H28ClNO5/c1-34-28-14-12-23(17-29(28)35-2)32-18-21(16-20-8-10-22(11-9-20)30(33)36-3)19-37-27-15-13-26(31)24-6-4-5-7-25(24)27/h4-17,32H,18-19H2,1-3H3/b21-16+. The number of rotatable bonds is 10. The van der Waals surface area contributed by atoms with Gasteiger partial charge in [-0.3, -0.25) is 0 Å². The molecule has 6 nitrogen and oxygen atoms in total. The van der Waals surface area contributed by atoms with Crippen molar-refractivity contribution in [3.63, 3.8) is 0 Å². The van der Waals surface area contributed by atoms with E-state index in [2.05, 4.69) is 5.32 Å². The molecule has 0 heterocycles. The normalized spacial score (nSPS) is 11.2. The zero-order valence-corrected chi connectivity index (χ0v) is 21.7. The Morgan fingerprint density at radius 3 is 2.24 bits per heavy atom. The zero-order chi connectivity index (χ0) is 26.2. The highest BCUT2D eigenvalue weighted by Gasteiger charge is 2.10. The molecule has 0 radical (unpaired) electrons.